The highest BCUT2D eigenvalue weighted by Gasteiger charge is 2.19. The van der Waals surface area contributed by atoms with E-state index in [4.69, 9.17) is 10.5 Å². The Morgan fingerprint density at radius 3 is 2.21 bits per heavy atom. The van der Waals surface area contributed by atoms with Crippen molar-refractivity contribution in [3.05, 3.63) is 97.0 Å². The van der Waals surface area contributed by atoms with Gasteiger partial charge < -0.3 is 15.4 Å². The zero-order valence-corrected chi connectivity index (χ0v) is 15.1. The minimum atomic E-state index is 0.310. The summed E-state index contributed by atoms with van der Waals surface area (Å²) in [5.41, 5.74) is 7.87. The normalized spacial score (nSPS) is 10.4. The van der Waals surface area contributed by atoms with Gasteiger partial charge in [0.15, 0.2) is 5.82 Å². The van der Waals surface area contributed by atoms with Crippen LogP contribution in [-0.4, -0.2) is 15.0 Å². The van der Waals surface area contributed by atoms with Crippen molar-refractivity contribution in [2.24, 2.45) is 0 Å². The van der Waals surface area contributed by atoms with E-state index < -0.39 is 0 Å². The van der Waals surface area contributed by atoms with Crippen LogP contribution >= 0.6 is 0 Å². The first kappa shape index (κ1) is 17.5. The fourth-order valence-electron chi connectivity index (χ4n) is 2.81. The molecule has 0 bridgehead atoms. The van der Waals surface area contributed by atoms with Crippen molar-refractivity contribution in [3.8, 4) is 11.6 Å². The smallest absolute Gasteiger partial charge is 0.248 e. The Morgan fingerprint density at radius 2 is 1.50 bits per heavy atom. The third-order valence-electron chi connectivity index (χ3n) is 4.15. The van der Waals surface area contributed by atoms with Gasteiger partial charge in [-0.15, -0.1) is 0 Å². The Balaban J connectivity index is 1.73. The summed E-state index contributed by atoms with van der Waals surface area (Å²) >= 11 is 0. The number of hydrogen-bond donors (Lipinski definition) is 1. The molecule has 2 aromatic heterocycles. The SMILES string of the molecule is Nc1c(Oc2ccccc2)ncnc1N(Cc1ccccc1)c1ccccn1. The highest BCUT2D eigenvalue weighted by atomic mass is 16.5. The van der Waals surface area contributed by atoms with Gasteiger partial charge in [0.05, 0.1) is 6.54 Å². The monoisotopic (exact) mass is 369 g/mol. The number of rotatable bonds is 6. The molecule has 0 saturated heterocycles. The summed E-state index contributed by atoms with van der Waals surface area (Å²) in [5, 5.41) is 0. The van der Waals surface area contributed by atoms with Crippen LogP contribution < -0.4 is 15.4 Å². The number of nitrogens with zero attached hydrogens (tertiary/aromatic N) is 4. The minimum Gasteiger partial charge on any atom is -0.437 e. The van der Waals surface area contributed by atoms with E-state index in [9.17, 15) is 0 Å². The van der Waals surface area contributed by atoms with E-state index in [0.717, 1.165) is 11.4 Å². The summed E-state index contributed by atoms with van der Waals surface area (Å²) in [6, 6.07) is 25.2. The molecule has 0 fully saturated rings. The van der Waals surface area contributed by atoms with E-state index in [1.165, 1.54) is 6.33 Å². The van der Waals surface area contributed by atoms with Crippen molar-refractivity contribution in [3.63, 3.8) is 0 Å². The summed E-state index contributed by atoms with van der Waals surface area (Å²) < 4.78 is 5.86. The van der Waals surface area contributed by atoms with Gasteiger partial charge in [-0.3, -0.25) is 0 Å². The van der Waals surface area contributed by atoms with Gasteiger partial charge >= 0.3 is 0 Å². The Labute approximate surface area is 163 Å². The molecule has 4 rings (SSSR count). The quantitative estimate of drug-likeness (QED) is 0.536. The lowest BCUT2D eigenvalue weighted by Crippen LogP contribution is -2.20. The maximum absolute atomic E-state index is 6.40. The fraction of sp³-hybridized carbons (Fsp3) is 0.0455. The number of benzene rings is 2. The topological polar surface area (TPSA) is 77.2 Å². The average Bonchev–Trinajstić information content (AvgIpc) is 2.76. The van der Waals surface area contributed by atoms with Crippen LogP contribution in [0.3, 0.4) is 0 Å². The summed E-state index contributed by atoms with van der Waals surface area (Å²) in [6.45, 7) is 0.559. The molecular formula is C22H19N5O. The molecule has 0 atom stereocenters. The number of nitrogen functional groups attached to an aromatic ring is 1. The summed E-state index contributed by atoms with van der Waals surface area (Å²) in [4.78, 5) is 15.1. The molecule has 0 amide bonds. The third-order valence-corrected chi connectivity index (χ3v) is 4.15. The van der Waals surface area contributed by atoms with Crippen LogP contribution in [0.1, 0.15) is 5.56 Å². The summed E-state index contributed by atoms with van der Waals surface area (Å²) in [5.74, 6) is 2.25. The molecule has 0 aliphatic carbocycles. The average molecular weight is 369 g/mol. The molecule has 6 nitrogen and oxygen atoms in total. The molecule has 138 valence electrons. The molecule has 0 spiro atoms. The van der Waals surface area contributed by atoms with Crippen molar-refractivity contribution in [2.75, 3.05) is 10.6 Å². The van der Waals surface area contributed by atoms with Gasteiger partial charge in [0.25, 0.3) is 0 Å². The highest BCUT2D eigenvalue weighted by Crippen LogP contribution is 2.35. The lowest BCUT2D eigenvalue weighted by atomic mass is 10.2. The second-order valence-electron chi connectivity index (χ2n) is 6.09. The van der Waals surface area contributed by atoms with Crippen LogP contribution in [0.4, 0.5) is 17.3 Å². The van der Waals surface area contributed by atoms with E-state index >= 15 is 0 Å². The zero-order valence-electron chi connectivity index (χ0n) is 15.1. The molecule has 0 aliphatic rings. The molecular weight excluding hydrogens is 350 g/mol. The van der Waals surface area contributed by atoms with Crippen molar-refractivity contribution >= 4 is 17.3 Å². The molecule has 0 saturated carbocycles. The molecule has 28 heavy (non-hydrogen) atoms. The molecule has 2 aromatic carbocycles. The van der Waals surface area contributed by atoms with Gasteiger partial charge in [-0.1, -0.05) is 54.6 Å². The Bertz CT molecular complexity index is 1030. The second-order valence-corrected chi connectivity index (χ2v) is 6.09. The minimum absolute atomic E-state index is 0.310. The molecule has 2 N–H and O–H groups in total. The second kappa shape index (κ2) is 8.18. The zero-order chi connectivity index (χ0) is 19.2. The summed E-state index contributed by atoms with van der Waals surface area (Å²) in [6.07, 6.45) is 3.19. The first-order valence-corrected chi connectivity index (χ1v) is 8.87. The predicted molar refractivity (Wildman–Crippen MR) is 109 cm³/mol. The van der Waals surface area contributed by atoms with Gasteiger partial charge in [-0.2, -0.15) is 4.98 Å². The predicted octanol–water partition coefficient (Wildman–Crippen LogP) is 4.58. The number of nitrogens with two attached hydrogens (primary N) is 1. The van der Waals surface area contributed by atoms with Gasteiger partial charge in [0, 0.05) is 6.20 Å². The molecule has 0 aliphatic heterocycles. The largest absolute Gasteiger partial charge is 0.437 e. The van der Waals surface area contributed by atoms with E-state index in [1.807, 2.05) is 71.6 Å². The molecule has 0 unspecified atom stereocenters. The molecule has 4 aromatic rings. The summed E-state index contributed by atoms with van der Waals surface area (Å²) in [7, 11) is 0. The van der Waals surface area contributed by atoms with E-state index in [1.54, 1.807) is 6.20 Å². The van der Waals surface area contributed by atoms with Gasteiger partial charge in [0.1, 0.15) is 23.6 Å². The van der Waals surface area contributed by atoms with Crippen molar-refractivity contribution in [1.29, 1.82) is 0 Å². The Morgan fingerprint density at radius 1 is 0.786 bits per heavy atom. The standard InChI is InChI=1S/C22H19N5O/c23-20-21(25-16-26-22(20)28-18-11-5-2-6-12-18)27(19-13-7-8-14-24-19)15-17-9-3-1-4-10-17/h1-14,16H,15,23H2. The number of ether oxygens (including phenoxy) is 1. The van der Waals surface area contributed by atoms with Crippen LogP contribution in [0.2, 0.25) is 0 Å². The first-order chi connectivity index (χ1) is 13.8. The van der Waals surface area contributed by atoms with Crippen molar-refractivity contribution in [1.82, 2.24) is 15.0 Å². The number of pyridine rings is 1. The van der Waals surface area contributed by atoms with Crippen LogP contribution in [0.25, 0.3) is 0 Å². The van der Waals surface area contributed by atoms with Gasteiger partial charge in [-0.05, 0) is 29.8 Å². The Kier molecular flexibility index (Phi) is 5.11. The van der Waals surface area contributed by atoms with Crippen molar-refractivity contribution in [2.45, 2.75) is 6.54 Å². The van der Waals surface area contributed by atoms with E-state index in [2.05, 4.69) is 27.1 Å². The van der Waals surface area contributed by atoms with Crippen LogP contribution in [0.5, 0.6) is 11.6 Å². The van der Waals surface area contributed by atoms with Gasteiger partial charge in [0.2, 0.25) is 5.88 Å². The van der Waals surface area contributed by atoms with Crippen LogP contribution in [0, 0.1) is 0 Å². The highest BCUT2D eigenvalue weighted by molar-refractivity contribution is 5.73. The molecule has 6 heteroatoms. The maximum Gasteiger partial charge on any atom is 0.248 e. The van der Waals surface area contributed by atoms with Gasteiger partial charge in [-0.25, -0.2) is 9.97 Å². The van der Waals surface area contributed by atoms with E-state index in [0.29, 0.717) is 29.7 Å². The van der Waals surface area contributed by atoms with Crippen LogP contribution in [0.15, 0.2) is 91.4 Å². The number of para-hydroxylation sites is 1. The number of aromatic nitrogens is 3. The van der Waals surface area contributed by atoms with E-state index in [-0.39, 0.29) is 0 Å². The lowest BCUT2D eigenvalue weighted by molar-refractivity contribution is 0.464. The number of anilines is 3. The van der Waals surface area contributed by atoms with Crippen molar-refractivity contribution < 1.29 is 4.74 Å². The fourth-order valence-corrected chi connectivity index (χ4v) is 2.81. The number of hydrogen-bond acceptors (Lipinski definition) is 6. The lowest BCUT2D eigenvalue weighted by Gasteiger charge is -2.24. The molecule has 2 heterocycles. The third kappa shape index (κ3) is 3.91. The first-order valence-electron chi connectivity index (χ1n) is 8.87. The Hall–Kier alpha value is -3.93. The van der Waals surface area contributed by atoms with Crippen LogP contribution in [-0.2, 0) is 6.54 Å². The maximum atomic E-state index is 6.40. The molecule has 0 radical (unpaired) electrons.